The Kier molecular flexibility index (Phi) is 2.17. The second-order valence-corrected chi connectivity index (χ2v) is 2.52. The van der Waals surface area contributed by atoms with Gasteiger partial charge in [0.05, 0.1) is 24.6 Å². The van der Waals surface area contributed by atoms with Crippen LogP contribution >= 0.6 is 0 Å². The molecule has 0 spiro atoms. The fraction of sp³-hybridized carbons (Fsp3) is 0.167. The molecule has 0 radical (unpaired) electrons. The molecule has 0 saturated carbocycles. The molecule has 0 aliphatic carbocycles. The molecule has 0 atom stereocenters. The molecule has 2 aromatic heterocycles. The summed E-state index contributed by atoms with van der Waals surface area (Å²) in [5.74, 6) is 1.02. The van der Waals surface area contributed by atoms with Crippen LogP contribution in [-0.4, -0.2) is 30.6 Å². The van der Waals surface area contributed by atoms with Gasteiger partial charge in [0, 0.05) is 0 Å². The summed E-state index contributed by atoms with van der Waals surface area (Å²) < 4.78 is 0. The van der Waals surface area contributed by atoms with Crippen LogP contribution in [0.5, 0.6) is 0 Å². The minimum Gasteiger partial charge on any atom is -0.396 e. The zero-order valence-electron chi connectivity index (χ0n) is 7.18. The van der Waals surface area contributed by atoms with E-state index in [2.05, 4.69) is 35.9 Å². The van der Waals surface area contributed by atoms with Gasteiger partial charge >= 0.3 is 0 Å². The predicted molar refractivity (Wildman–Crippen MR) is 47.9 cm³/mol. The number of aromatic nitrogens is 6. The number of hydrogen-bond acceptors (Lipinski definition) is 7. The molecule has 2 heterocycles. The van der Waals surface area contributed by atoms with E-state index >= 15 is 0 Å². The molecule has 0 aliphatic heterocycles. The van der Waals surface area contributed by atoms with Gasteiger partial charge < -0.3 is 11.1 Å². The molecule has 14 heavy (non-hydrogen) atoms. The van der Waals surface area contributed by atoms with Gasteiger partial charge in [0.1, 0.15) is 0 Å². The number of tetrazole rings is 1. The zero-order chi connectivity index (χ0) is 9.80. The van der Waals surface area contributed by atoms with Gasteiger partial charge in [-0.1, -0.05) is 5.21 Å². The largest absolute Gasteiger partial charge is 0.396 e. The summed E-state index contributed by atoms with van der Waals surface area (Å²) in [6.07, 6.45) is 3.04. The maximum atomic E-state index is 5.42. The van der Waals surface area contributed by atoms with Crippen LogP contribution in [0.25, 0.3) is 0 Å². The normalized spacial score (nSPS) is 10.0. The van der Waals surface area contributed by atoms with Crippen molar-refractivity contribution in [2.45, 2.75) is 6.54 Å². The van der Waals surface area contributed by atoms with Gasteiger partial charge in [0.15, 0.2) is 5.82 Å². The van der Waals surface area contributed by atoms with Crippen molar-refractivity contribution in [3.63, 3.8) is 0 Å². The van der Waals surface area contributed by atoms with Crippen LogP contribution in [0.15, 0.2) is 12.4 Å². The Labute approximate surface area is 79.0 Å². The first-order chi connectivity index (χ1) is 6.84. The van der Waals surface area contributed by atoms with Gasteiger partial charge in [-0.2, -0.15) is 5.21 Å². The Hall–Kier alpha value is -2.25. The van der Waals surface area contributed by atoms with Crippen molar-refractivity contribution in [3.05, 3.63) is 18.2 Å². The van der Waals surface area contributed by atoms with Crippen molar-refractivity contribution in [1.29, 1.82) is 0 Å². The van der Waals surface area contributed by atoms with Crippen molar-refractivity contribution in [2.24, 2.45) is 0 Å². The molecular weight excluding hydrogens is 184 g/mol. The number of nitrogens with zero attached hydrogens (tertiary/aromatic N) is 5. The highest BCUT2D eigenvalue weighted by Gasteiger charge is 1.99. The molecule has 8 nitrogen and oxygen atoms in total. The molecule has 2 aromatic rings. The lowest BCUT2D eigenvalue weighted by Gasteiger charge is -2.00. The maximum Gasteiger partial charge on any atom is 0.223 e. The monoisotopic (exact) mass is 192 g/mol. The lowest BCUT2D eigenvalue weighted by Crippen LogP contribution is -2.05. The summed E-state index contributed by atoms with van der Waals surface area (Å²) >= 11 is 0. The fourth-order valence-electron chi connectivity index (χ4n) is 0.845. The van der Waals surface area contributed by atoms with Crippen molar-refractivity contribution < 1.29 is 0 Å². The van der Waals surface area contributed by atoms with Gasteiger partial charge in [0.25, 0.3) is 0 Å². The number of rotatable bonds is 3. The van der Waals surface area contributed by atoms with Gasteiger partial charge in [-0.25, -0.2) is 9.97 Å². The van der Waals surface area contributed by atoms with Crippen LogP contribution in [0.3, 0.4) is 0 Å². The van der Waals surface area contributed by atoms with Crippen molar-refractivity contribution in [1.82, 2.24) is 30.6 Å². The Balaban J connectivity index is 1.95. The molecule has 0 aromatic carbocycles. The van der Waals surface area contributed by atoms with Crippen molar-refractivity contribution >= 4 is 11.6 Å². The minimum absolute atomic E-state index is 0.417. The molecule has 0 aliphatic rings. The molecular formula is C6H8N8. The van der Waals surface area contributed by atoms with Crippen molar-refractivity contribution in [3.8, 4) is 0 Å². The molecule has 8 heteroatoms. The SMILES string of the molecule is Nc1cnc(NCc2nn[nH]n2)nc1. The van der Waals surface area contributed by atoms with E-state index in [4.69, 9.17) is 5.73 Å². The fourth-order valence-corrected chi connectivity index (χ4v) is 0.845. The minimum atomic E-state index is 0.417. The third kappa shape index (κ3) is 1.91. The summed E-state index contributed by atoms with van der Waals surface area (Å²) in [7, 11) is 0. The predicted octanol–water partition coefficient (Wildman–Crippen LogP) is -0.816. The molecule has 0 saturated heterocycles. The lowest BCUT2D eigenvalue weighted by molar-refractivity contribution is 0.881. The number of hydrogen-bond donors (Lipinski definition) is 3. The van der Waals surface area contributed by atoms with E-state index in [9.17, 15) is 0 Å². The average molecular weight is 192 g/mol. The molecule has 72 valence electrons. The third-order valence-electron chi connectivity index (χ3n) is 1.47. The molecule has 0 fully saturated rings. The lowest BCUT2D eigenvalue weighted by atomic mass is 10.5. The topological polar surface area (TPSA) is 118 Å². The first-order valence-corrected chi connectivity index (χ1v) is 3.88. The molecule has 0 bridgehead atoms. The third-order valence-corrected chi connectivity index (χ3v) is 1.47. The second kappa shape index (κ2) is 3.64. The number of anilines is 2. The van der Waals surface area contributed by atoms with Crippen molar-refractivity contribution in [2.75, 3.05) is 11.1 Å². The van der Waals surface area contributed by atoms with E-state index in [0.29, 0.717) is 24.0 Å². The Morgan fingerprint density at radius 2 is 2.14 bits per heavy atom. The number of H-pyrrole nitrogens is 1. The number of nitrogen functional groups attached to an aromatic ring is 1. The second-order valence-electron chi connectivity index (χ2n) is 2.52. The van der Waals surface area contributed by atoms with E-state index in [0.717, 1.165) is 0 Å². The number of nitrogens with one attached hydrogen (secondary N) is 2. The average Bonchev–Trinajstić information content (AvgIpc) is 2.70. The molecule has 4 N–H and O–H groups in total. The molecule has 0 unspecified atom stereocenters. The highest BCUT2D eigenvalue weighted by molar-refractivity contribution is 5.35. The first-order valence-electron chi connectivity index (χ1n) is 3.88. The van der Waals surface area contributed by atoms with Crippen LogP contribution in [0.1, 0.15) is 5.82 Å². The first kappa shape index (κ1) is 8.35. The van der Waals surface area contributed by atoms with Crippen LogP contribution in [0.2, 0.25) is 0 Å². The summed E-state index contributed by atoms with van der Waals surface area (Å²) in [6.45, 7) is 0.417. The number of nitrogens with two attached hydrogens (primary N) is 1. The number of aromatic amines is 1. The van der Waals surface area contributed by atoms with Crippen LogP contribution in [0, 0.1) is 0 Å². The summed E-state index contributed by atoms with van der Waals surface area (Å²) in [4.78, 5) is 7.89. The smallest absolute Gasteiger partial charge is 0.223 e. The van der Waals surface area contributed by atoms with Gasteiger partial charge in [-0.15, -0.1) is 10.2 Å². The van der Waals surface area contributed by atoms with E-state index in [1.807, 2.05) is 0 Å². The summed E-state index contributed by atoms with van der Waals surface area (Å²) in [5, 5.41) is 16.2. The van der Waals surface area contributed by atoms with Gasteiger partial charge in [-0.05, 0) is 0 Å². The summed E-state index contributed by atoms with van der Waals surface area (Å²) in [5.41, 5.74) is 5.95. The Bertz CT molecular complexity index is 379. The summed E-state index contributed by atoms with van der Waals surface area (Å²) in [6, 6.07) is 0. The quantitative estimate of drug-likeness (QED) is 0.581. The van der Waals surface area contributed by atoms with Crippen LogP contribution in [0.4, 0.5) is 11.6 Å². The highest BCUT2D eigenvalue weighted by atomic mass is 15.5. The van der Waals surface area contributed by atoms with Gasteiger partial charge in [0.2, 0.25) is 5.95 Å². The Morgan fingerprint density at radius 3 is 2.79 bits per heavy atom. The van der Waals surface area contributed by atoms with Crippen LogP contribution < -0.4 is 11.1 Å². The van der Waals surface area contributed by atoms with E-state index in [1.54, 1.807) is 0 Å². The zero-order valence-corrected chi connectivity index (χ0v) is 7.18. The standard InChI is InChI=1S/C6H8N8/c7-4-1-8-6(9-2-4)10-3-5-11-13-14-12-5/h1-2H,3,7H2,(H,8,9,10)(H,11,12,13,14). The van der Waals surface area contributed by atoms with E-state index in [1.165, 1.54) is 12.4 Å². The molecule has 2 rings (SSSR count). The van der Waals surface area contributed by atoms with Crippen LogP contribution in [-0.2, 0) is 6.54 Å². The highest BCUT2D eigenvalue weighted by Crippen LogP contribution is 2.01. The van der Waals surface area contributed by atoms with E-state index in [-0.39, 0.29) is 0 Å². The Morgan fingerprint density at radius 1 is 1.36 bits per heavy atom. The molecule has 0 amide bonds. The van der Waals surface area contributed by atoms with Gasteiger partial charge in [-0.3, -0.25) is 0 Å². The maximum absolute atomic E-state index is 5.42. The van der Waals surface area contributed by atoms with E-state index < -0.39 is 0 Å².